The van der Waals surface area contributed by atoms with Gasteiger partial charge in [-0.05, 0) is 31.4 Å². The average Bonchev–Trinajstić information content (AvgIpc) is 3.02. The number of carbonyl (C=O) groups is 2. The normalized spacial score (nSPS) is 13.1. The summed E-state index contributed by atoms with van der Waals surface area (Å²) in [5.41, 5.74) is 6.57. The molecule has 1 aromatic heterocycles. The van der Waals surface area contributed by atoms with E-state index in [-0.39, 0.29) is 11.9 Å². The zero-order valence-electron chi connectivity index (χ0n) is 13.8. The van der Waals surface area contributed by atoms with E-state index in [0.717, 1.165) is 11.3 Å². The number of nitrogens with one attached hydrogen (secondary N) is 2. The summed E-state index contributed by atoms with van der Waals surface area (Å²) in [7, 11) is 1.61. The highest BCUT2D eigenvalue weighted by atomic mass is 32.1. The zero-order chi connectivity index (χ0) is 17.7. The second-order valence-electron chi connectivity index (χ2n) is 5.37. The van der Waals surface area contributed by atoms with Gasteiger partial charge in [0.25, 0.3) is 5.91 Å². The molecule has 1 heterocycles. The van der Waals surface area contributed by atoms with Crippen LogP contribution in [0.2, 0.25) is 0 Å². The van der Waals surface area contributed by atoms with Gasteiger partial charge in [0.2, 0.25) is 5.91 Å². The van der Waals surface area contributed by atoms with Gasteiger partial charge in [-0.2, -0.15) is 0 Å². The van der Waals surface area contributed by atoms with Crippen molar-refractivity contribution < 1.29 is 14.3 Å². The molecule has 1 aromatic carbocycles. The first-order valence-electron chi connectivity index (χ1n) is 7.51. The first kappa shape index (κ1) is 18.0. The van der Waals surface area contributed by atoms with Gasteiger partial charge >= 0.3 is 0 Å². The van der Waals surface area contributed by atoms with Gasteiger partial charge in [0.1, 0.15) is 10.8 Å². The van der Waals surface area contributed by atoms with E-state index in [1.165, 1.54) is 11.3 Å². The quantitative estimate of drug-likeness (QED) is 0.717. The summed E-state index contributed by atoms with van der Waals surface area (Å²) in [4.78, 5) is 23.7. The van der Waals surface area contributed by atoms with Crippen LogP contribution in [0.4, 0.5) is 5.00 Å². The van der Waals surface area contributed by atoms with Crippen LogP contribution in [0.3, 0.4) is 0 Å². The number of thiophene rings is 1. The Morgan fingerprint density at radius 2 is 1.92 bits per heavy atom. The summed E-state index contributed by atoms with van der Waals surface area (Å²) in [6.07, 6.45) is 0. The van der Waals surface area contributed by atoms with E-state index in [9.17, 15) is 9.59 Å². The lowest BCUT2D eigenvalue weighted by Gasteiger charge is -2.21. The van der Waals surface area contributed by atoms with Crippen molar-refractivity contribution in [2.45, 2.75) is 25.9 Å². The van der Waals surface area contributed by atoms with Crippen LogP contribution < -0.4 is 21.1 Å². The molecule has 0 bridgehead atoms. The molecule has 0 radical (unpaired) electrons. The van der Waals surface area contributed by atoms with Crippen molar-refractivity contribution in [3.63, 3.8) is 0 Å². The molecule has 24 heavy (non-hydrogen) atoms. The fraction of sp³-hybridized carbons (Fsp3) is 0.294. The third kappa shape index (κ3) is 4.12. The van der Waals surface area contributed by atoms with Crippen molar-refractivity contribution in [3.05, 3.63) is 46.8 Å². The number of para-hydroxylation sites is 1. The Labute approximate surface area is 145 Å². The van der Waals surface area contributed by atoms with Crippen molar-refractivity contribution in [1.82, 2.24) is 5.32 Å². The Bertz CT molecular complexity index is 729. The van der Waals surface area contributed by atoms with Crippen LogP contribution in [0.25, 0.3) is 0 Å². The Hall–Kier alpha value is -2.38. The van der Waals surface area contributed by atoms with Gasteiger partial charge in [0.15, 0.2) is 0 Å². The van der Waals surface area contributed by atoms with Crippen LogP contribution >= 0.6 is 11.3 Å². The summed E-state index contributed by atoms with van der Waals surface area (Å²) in [6, 6.07) is 8.69. The van der Waals surface area contributed by atoms with E-state index in [2.05, 4.69) is 10.6 Å². The third-order valence-electron chi connectivity index (χ3n) is 3.67. The smallest absolute Gasteiger partial charge is 0.251 e. The number of nitrogens with two attached hydrogens (primary N) is 1. The molecular weight excluding hydrogens is 326 g/mol. The monoisotopic (exact) mass is 347 g/mol. The number of primary amides is 1. The molecule has 128 valence electrons. The molecule has 0 aliphatic rings. The van der Waals surface area contributed by atoms with E-state index < -0.39 is 11.9 Å². The molecular formula is C17H21N3O3S. The van der Waals surface area contributed by atoms with E-state index in [1.54, 1.807) is 25.5 Å². The fourth-order valence-electron chi connectivity index (χ4n) is 2.38. The first-order chi connectivity index (χ1) is 11.4. The van der Waals surface area contributed by atoms with Crippen molar-refractivity contribution >= 4 is 28.2 Å². The molecule has 7 heteroatoms. The third-order valence-corrected chi connectivity index (χ3v) is 4.50. The molecule has 2 atom stereocenters. The molecule has 0 saturated heterocycles. The van der Waals surface area contributed by atoms with Gasteiger partial charge in [-0.1, -0.05) is 18.2 Å². The van der Waals surface area contributed by atoms with E-state index in [0.29, 0.717) is 10.6 Å². The maximum Gasteiger partial charge on any atom is 0.251 e. The molecule has 2 amide bonds. The summed E-state index contributed by atoms with van der Waals surface area (Å²) in [5.74, 6) is -0.0318. The first-order valence-corrected chi connectivity index (χ1v) is 8.39. The average molecular weight is 347 g/mol. The van der Waals surface area contributed by atoms with Crippen LogP contribution in [0.1, 0.15) is 35.8 Å². The Morgan fingerprint density at radius 3 is 2.58 bits per heavy atom. The number of anilines is 1. The van der Waals surface area contributed by atoms with Gasteiger partial charge in [-0.15, -0.1) is 11.3 Å². The number of ether oxygens (including phenoxy) is 1. The van der Waals surface area contributed by atoms with Crippen LogP contribution in [-0.4, -0.2) is 25.0 Å². The SMILES string of the molecule is COc1ccccc1C(C)NC(C)C(=O)Nc1sccc1C(N)=O. The molecule has 0 fully saturated rings. The molecule has 0 spiro atoms. The lowest BCUT2D eigenvalue weighted by molar-refractivity contribution is -0.117. The summed E-state index contributed by atoms with van der Waals surface area (Å²) in [5, 5.41) is 8.15. The number of hydrogen-bond donors (Lipinski definition) is 3. The van der Waals surface area contributed by atoms with Crippen LogP contribution in [-0.2, 0) is 4.79 Å². The van der Waals surface area contributed by atoms with Crippen LogP contribution in [0.5, 0.6) is 5.75 Å². The van der Waals surface area contributed by atoms with Crippen molar-refractivity contribution in [1.29, 1.82) is 0 Å². The minimum absolute atomic E-state index is 0.0825. The Morgan fingerprint density at radius 1 is 1.21 bits per heavy atom. The van der Waals surface area contributed by atoms with Gasteiger partial charge in [0, 0.05) is 11.6 Å². The summed E-state index contributed by atoms with van der Waals surface area (Å²) in [6.45, 7) is 3.72. The predicted molar refractivity (Wildman–Crippen MR) is 95.5 cm³/mol. The molecule has 2 aromatic rings. The highest BCUT2D eigenvalue weighted by molar-refractivity contribution is 7.14. The lowest BCUT2D eigenvalue weighted by Crippen LogP contribution is -2.39. The van der Waals surface area contributed by atoms with E-state index in [1.807, 2.05) is 31.2 Å². The number of hydrogen-bond acceptors (Lipinski definition) is 5. The minimum Gasteiger partial charge on any atom is -0.496 e. The zero-order valence-corrected chi connectivity index (χ0v) is 14.6. The second-order valence-corrected chi connectivity index (χ2v) is 6.29. The lowest BCUT2D eigenvalue weighted by atomic mass is 10.1. The van der Waals surface area contributed by atoms with Gasteiger partial charge < -0.3 is 15.8 Å². The van der Waals surface area contributed by atoms with Crippen molar-refractivity contribution in [3.8, 4) is 5.75 Å². The van der Waals surface area contributed by atoms with Gasteiger partial charge in [0.05, 0.1) is 18.7 Å². The largest absolute Gasteiger partial charge is 0.496 e. The van der Waals surface area contributed by atoms with Crippen molar-refractivity contribution in [2.75, 3.05) is 12.4 Å². The molecule has 2 unspecified atom stereocenters. The second kappa shape index (κ2) is 7.94. The highest BCUT2D eigenvalue weighted by Crippen LogP contribution is 2.25. The van der Waals surface area contributed by atoms with E-state index >= 15 is 0 Å². The molecule has 0 aliphatic carbocycles. The summed E-state index contributed by atoms with van der Waals surface area (Å²) < 4.78 is 5.35. The number of benzene rings is 1. The highest BCUT2D eigenvalue weighted by Gasteiger charge is 2.20. The molecule has 2 rings (SSSR count). The standard InChI is InChI=1S/C17H21N3O3S/c1-10(12-6-4-5-7-14(12)23-3)19-11(2)16(22)20-17-13(15(18)21)8-9-24-17/h4-11,19H,1-3H3,(H2,18,21)(H,20,22). The van der Waals surface area contributed by atoms with E-state index in [4.69, 9.17) is 10.5 Å². The fourth-order valence-corrected chi connectivity index (χ4v) is 3.18. The summed E-state index contributed by atoms with van der Waals surface area (Å²) >= 11 is 1.26. The minimum atomic E-state index is -0.561. The van der Waals surface area contributed by atoms with Crippen molar-refractivity contribution in [2.24, 2.45) is 5.73 Å². The number of carbonyl (C=O) groups excluding carboxylic acids is 2. The maximum atomic E-state index is 12.4. The van der Waals surface area contributed by atoms with Gasteiger partial charge in [-0.3, -0.25) is 14.9 Å². The van der Waals surface area contributed by atoms with Crippen LogP contribution in [0.15, 0.2) is 35.7 Å². The molecule has 6 nitrogen and oxygen atoms in total. The number of rotatable bonds is 7. The number of amides is 2. The molecule has 4 N–H and O–H groups in total. The van der Waals surface area contributed by atoms with Gasteiger partial charge in [-0.25, -0.2) is 0 Å². The van der Waals surface area contributed by atoms with Crippen LogP contribution in [0, 0.1) is 0 Å². The Kier molecular flexibility index (Phi) is 5.94. The number of methoxy groups -OCH3 is 1. The Balaban J connectivity index is 2.03. The topological polar surface area (TPSA) is 93.4 Å². The molecule has 0 saturated carbocycles. The maximum absolute atomic E-state index is 12.4. The molecule has 0 aliphatic heterocycles. The predicted octanol–water partition coefficient (Wildman–Crippen LogP) is 2.53.